The molecule has 0 saturated carbocycles. The second kappa shape index (κ2) is 7.46. The minimum absolute atomic E-state index is 0.0154. The van der Waals surface area contributed by atoms with Crippen molar-refractivity contribution >= 4 is 17.5 Å². The third-order valence-electron chi connectivity index (χ3n) is 3.33. The zero-order valence-corrected chi connectivity index (χ0v) is 13.3. The van der Waals surface area contributed by atoms with Crippen molar-refractivity contribution in [3.8, 4) is 11.8 Å². The van der Waals surface area contributed by atoms with Gasteiger partial charge in [-0.15, -0.1) is 0 Å². The van der Waals surface area contributed by atoms with Gasteiger partial charge in [0.25, 0.3) is 5.91 Å². The molecule has 6 nitrogen and oxygen atoms in total. The number of nitrogens with one attached hydrogen (secondary N) is 2. The van der Waals surface area contributed by atoms with Crippen LogP contribution in [-0.4, -0.2) is 24.0 Å². The number of nitrogens with zero attached hydrogens (tertiary/aromatic N) is 1. The van der Waals surface area contributed by atoms with Crippen molar-refractivity contribution in [3.05, 3.63) is 24.3 Å². The number of benzene rings is 1. The number of hydrogen-bond acceptors (Lipinski definition) is 4. The molecule has 0 aliphatic carbocycles. The van der Waals surface area contributed by atoms with Crippen molar-refractivity contribution < 1.29 is 14.3 Å². The number of rotatable bonds is 6. The molecular weight excluding hydrogens is 282 g/mol. The molecule has 0 spiro atoms. The predicted molar refractivity (Wildman–Crippen MR) is 83.2 cm³/mol. The van der Waals surface area contributed by atoms with Gasteiger partial charge in [-0.3, -0.25) is 9.59 Å². The van der Waals surface area contributed by atoms with Gasteiger partial charge in [-0.2, -0.15) is 5.26 Å². The van der Waals surface area contributed by atoms with Crippen molar-refractivity contribution in [2.75, 3.05) is 11.9 Å². The lowest BCUT2D eigenvalue weighted by Gasteiger charge is -2.27. The van der Waals surface area contributed by atoms with Crippen LogP contribution in [0.3, 0.4) is 0 Å². The molecule has 6 heteroatoms. The molecule has 118 valence electrons. The molecule has 0 saturated heterocycles. The summed E-state index contributed by atoms with van der Waals surface area (Å²) in [7, 11) is 0. The Morgan fingerprint density at radius 2 is 1.91 bits per heavy atom. The van der Waals surface area contributed by atoms with E-state index in [9.17, 15) is 9.59 Å². The Kier molecular flexibility index (Phi) is 5.93. The summed E-state index contributed by atoms with van der Waals surface area (Å²) in [5, 5.41) is 14.5. The average Bonchev–Trinajstić information content (AvgIpc) is 2.45. The second-order valence-corrected chi connectivity index (χ2v) is 5.51. The molecule has 0 radical (unpaired) electrons. The minimum Gasteiger partial charge on any atom is -0.484 e. The van der Waals surface area contributed by atoms with Crippen molar-refractivity contribution in [1.29, 1.82) is 5.26 Å². The minimum atomic E-state index is -0.921. The van der Waals surface area contributed by atoms with Crippen LogP contribution in [0.4, 0.5) is 5.69 Å². The molecule has 1 aromatic rings. The van der Waals surface area contributed by atoms with Gasteiger partial charge in [-0.1, -0.05) is 13.8 Å². The van der Waals surface area contributed by atoms with E-state index in [1.165, 1.54) is 6.92 Å². The lowest BCUT2D eigenvalue weighted by Crippen LogP contribution is -2.50. The maximum absolute atomic E-state index is 11.9. The van der Waals surface area contributed by atoms with E-state index in [4.69, 9.17) is 10.00 Å². The Morgan fingerprint density at radius 3 is 2.36 bits per heavy atom. The normalized spacial score (nSPS) is 12.9. The fourth-order valence-electron chi connectivity index (χ4n) is 1.61. The van der Waals surface area contributed by atoms with Gasteiger partial charge in [0, 0.05) is 12.6 Å². The van der Waals surface area contributed by atoms with Gasteiger partial charge in [0.05, 0.1) is 6.07 Å². The Morgan fingerprint density at radius 1 is 1.32 bits per heavy atom. The van der Waals surface area contributed by atoms with Crippen LogP contribution in [-0.2, 0) is 9.59 Å². The zero-order chi connectivity index (χ0) is 16.8. The van der Waals surface area contributed by atoms with E-state index in [-0.39, 0.29) is 24.3 Å². The van der Waals surface area contributed by atoms with E-state index < -0.39 is 5.54 Å². The summed E-state index contributed by atoms with van der Waals surface area (Å²) in [5.41, 5.74) is -0.267. The smallest absolute Gasteiger partial charge is 0.259 e. The van der Waals surface area contributed by atoms with Crippen molar-refractivity contribution in [2.24, 2.45) is 5.92 Å². The molecule has 0 aliphatic rings. The molecule has 0 aliphatic heterocycles. The summed E-state index contributed by atoms with van der Waals surface area (Å²) in [5.74, 6) is -0.0212. The third kappa shape index (κ3) is 5.09. The van der Waals surface area contributed by atoms with Crippen LogP contribution in [0.5, 0.6) is 5.75 Å². The first-order valence-corrected chi connectivity index (χ1v) is 6.99. The van der Waals surface area contributed by atoms with Crippen molar-refractivity contribution in [3.63, 3.8) is 0 Å². The first kappa shape index (κ1) is 17.5. The van der Waals surface area contributed by atoms with Crippen LogP contribution in [0.15, 0.2) is 24.3 Å². The van der Waals surface area contributed by atoms with E-state index in [1.54, 1.807) is 31.2 Å². The van der Waals surface area contributed by atoms with Gasteiger partial charge in [0.2, 0.25) is 5.91 Å². The molecule has 2 N–H and O–H groups in total. The lowest BCUT2D eigenvalue weighted by molar-refractivity contribution is -0.124. The quantitative estimate of drug-likeness (QED) is 0.841. The SMILES string of the molecule is CC(=O)Nc1ccc(OCC(=O)N[C@](C)(C#N)C(C)C)cc1. The van der Waals surface area contributed by atoms with Crippen LogP contribution in [0.1, 0.15) is 27.7 Å². The summed E-state index contributed by atoms with van der Waals surface area (Å²) < 4.78 is 5.36. The molecule has 0 unspecified atom stereocenters. The third-order valence-corrected chi connectivity index (χ3v) is 3.33. The van der Waals surface area contributed by atoms with E-state index in [0.29, 0.717) is 11.4 Å². The Bertz CT molecular complexity index is 575. The van der Waals surface area contributed by atoms with E-state index in [1.807, 2.05) is 13.8 Å². The fourth-order valence-corrected chi connectivity index (χ4v) is 1.61. The van der Waals surface area contributed by atoms with Gasteiger partial charge in [-0.25, -0.2) is 0 Å². The average molecular weight is 303 g/mol. The lowest BCUT2D eigenvalue weighted by atomic mass is 9.90. The number of carbonyl (C=O) groups excluding carboxylic acids is 2. The Balaban J connectivity index is 2.54. The molecule has 0 aromatic heterocycles. The fraction of sp³-hybridized carbons (Fsp3) is 0.438. The maximum atomic E-state index is 11.9. The molecule has 2 amide bonds. The highest BCUT2D eigenvalue weighted by Crippen LogP contribution is 2.17. The van der Waals surface area contributed by atoms with Crippen LogP contribution >= 0.6 is 0 Å². The number of amides is 2. The Hall–Kier alpha value is -2.55. The van der Waals surface area contributed by atoms with E-state index in [2.05, 4.69) is 16.7 Å². The number of nitriles is 1. The highest BCUT2D eigenvalue weighted by atomic mass is 16.5. The molecule has 1 rings (SSSR count). The molecular formula is C16H21N3O3. The number of ether oxygens (including phenoxy) is 1. The number of hydrogen-bond donors (Lipinski definition) is 2. The molecule has 1 atom stereocenters. The van der Waals surface area contributed by atoms with Gasteiger partial charge < -0.3 is 15.4 Å². The van der Waals surface area contributed by atoms with Gasteiger partial charge in [0.15, 0.2) is 6.61 Å². The monoisotopic (exact) mass is 303 g/mol. The molecule has 22 heavy (non-hydrogen) atoms. The highest BCUT2D eigenvalue weighted by molar-refractivity contribution is 5.88. The summed E-state index contributed by atoms with van der Waals surface area (Å²) >= 11 is 0. The highest BCUT2D eigenvalue weighted by Gasteiger charge is 2.29. The van der Waals surface area contributed by atoms with Crippen LogP contribution in [0, 0.1) is 17.2 Å². The molecule has 1 aromatic carbocycles. The number of anilines is 1. The van der Waals surface area contributed by atoms with Crippen LogP contribution in [0.2, 0.25) is 0 Å². The largest absolute Gasteiger partial charge is 0.484 e. The first-order valence-electron chi connectivity index (χ1n) is 6.99. The predicted octanol–water partition coefficient (Wildman–Crippen LogP) is 2.08. The van der Waals surface area contributed by atoms with E-state index in [0.717, 1.165) is 0 Å². The number of carbonyl (C=O) groups is 2. The van der Waals surface area contributed by atoms with Crippen molar-refractivity contribution in [1.82, 2.24) is 5.32 Å². The molecule has 0 heterocycles. The van der Waals surface area contributed by atoms with Crippen molar-refractivity contribution in [2.45, 2.75) is 33.2 Å². The van der Waals surface area contributed by atoms with Crippen LogP contribution in [0.25, 0.3) is 0 Å². The summed E-state index contributed by atoms with van der Waals surface area (Å²) in [6.45, 7) is 6.66. The molecule has 0 fully saturated rings. The van der Waals surface area contributed by atoms with Crippen LogP contribution < -0.4 is 15.4 Å². The summed E-state index contributed by atoms with van der Waals surface area (Å²) in [6, 6.07) is 8.78. The topological polar surface area (TPSA) is 91.2 Å². The van der Waals surface area contributed by atoms with Gasteiger partial charge in [0.1, 0.15) is 11.3 Å². The van der Waals surface area contributed by atoms with Gasteiger partial charge in [-0.05, 0) is 37.1 Å². The summed E-state index contributed by atoms with van der Waals surface area (Å²) in [6.07, 6.45) is 0. The van der Waals surface area contributed by atoms with E-state index >= 15 is 0 Å². The zero-order valence-electron chi connectivity index (χ0n) is 13.3. The summed E-state index contributed by atoms with van der Waals surface area (Å²) in [4.78, 5) is 22.8. The maximum Gasteiger partial charge on any atom is 0.259 e. The Labute approximate surface area is 130 Å². The standard InChI is InChI=1S/C16H21N3O3/c1-11(2)16(4,10-17)19-15(21)9-22-14-7-5-13(6-8-14)18-12(3)20/h5-8,11H,9H2,1-4H3,(H,18,20)(H,19,21)/t16-/m1/s1. The second-order valence-electron chi connectivity index (χ2n) is 5.51. The molecule has 0 bridgehead atoms. The van der Waals surface area contributed by atoms with Gasteiger partial charge >= 0.3 is 0 Å². The first-order chi connectivity index (χ1) is 10.3.